The van der Waals surface area contributed by atoms with Gasteiger partial charge in [-0.2, -0.15) is 0 Å². The molecule has 1 heterocycles. The average Bonchev–Trinajstić information content (AvgIpc) is 2.63. The van der Waals surface area contributed by atoms with Crippen molar-refractivity contribution in [2.45, 2.75) is 6.54 Å². The molecule has 1 aromatic heterocycles. The number of methoxy groups -OCH3 is 1. The highest BCUT2D eigenvalue weighted by Gasteiger charge is 2.12. The van der Waals surface area contributed by atoms with E-state index in [2.05, 4.69) is 4.98 Å². The first-order valence-electron chi connectivity index (χ1n) is 7.44. The molecule has 0 saturated carbocycles. The van der Waals surface area contributed by atoms with Crippen LogP contribution in [0.4, 0.5) is 4.39 Å². The van der Waals surface area contributed by atoms with Crippen LogP contribution in [0.5, 0.6) is 5.75 Å². The first kappa shape index (κ1) is 18.7. The van der Waals surface area contributed by atoms with Crippen LogP contribution in [-0.2, 0) is 6.54 Å². The molecule has 4 nitrogen and oxygen atoms in total. The number of ether oxygens (including phenoxy) is 1. The third kappa shape index (κ3) is 4.70. The molecule has 0 fully saturated rings. The summed E-state index contributed by atoms with van der Waals surface area (Å²) in [5.74, 6) is 0.332. The Morgan fingerprint density at radius 1 is 1.08 bits per heavy atom. The zero-order chi connectivity index (χ0) is 16.9. The van der Waals surface area contributed by atoms with Crippen LogP contribution in [0, 0.1) is 5.82 Å². The summed E-state index contributed by atoms with van der Waals surface area (Å²) in [6.45, 7) is 0.154. The summed E-state index contributed by atoms with van der Waals surface area (Å²) >= 11 is 0. The van der Waals surface area contributed by atoms with Gasteiger partial charge in [0.05, 0.1) is 13.3 Å². The van der Waals surface area contributed by atoms with E-state index in [9.17, 15) is 9.18 Å². The fourth-order valence-electron chi connectivity index (χ4n) is 2.30. The van der Waals surface area contributed by atoms with Gasteiger partial charge in [0.1, 0.15) is 11.6 Å². The third-order valence-corrected chi connectivity index (χ3v) is 3.65. The van der Waals surface area contributed by atoms with Crippen LogP contribution in [0.25, 0.3) is 11.3 Å². The Morgan fingerprint density at radius 3 is 2.32 bits per heavy atom. The van der Waals surface area contributed by atoms with E-state index in [1.54, 1.807) is 24.2 Å². The van der Waals surface area contributed by atoms with Crippen LogP contribution >= 0.6 is 17.0 Å². The summed E-state index contributed by atoms with van der Waals surface area (Å²) in [4.78, 5) is 16.5. The summed E-state index contributed by atoms with van der Waals surface area (Å²) in [7, 11) is 1.62. The van der Waals surface area contributed by atoms with E-state index < -0.39 is 0 Å². The largest absolute Gasteiger partial charge is 0.497 e. The lowest BCUT2D eigenvalue weighted by Crippen LogP contribution is -2.37. The summed E-state index contributed by atoms with van der Waals surface area (Å²) in [5, 5.41) is 0. The molecule has 2 aromatic carbocycles. The molecule has 3 aromatic rings. The number of aromatic nitrogens is 2. The molecule has 0 aliphatic rings. The first-order chi connectivity index (χ1) is 11.7. The maximum absolute atomic E-state index is 12.9. The lowest BCUT2D eigenvalue weighted by Gasteiger charge is -2.02. The molecule has 25 heavy (non-hydrogen) atoms. The topological polar surface area (TPSA) is 43.1 Å². The number of nitrogens with zero attached hydrogens (tertiary/aromatic N) is 2. The van der Waals surface area contributed by atoms with Crippen molar-refractivity contribution in [3.8, 4) is 17.0 Å². The number of hydrogen-bond acceptors (Lipinski definition) is 3. The molecule has 0 aliphatic carbocycles. The number of benzene rings is 2. The van der Waals surface area contributed by atoms with Crippen molar-refractivity contribution in [2.24, 2.45) is 0 Å². The lowest BCUT2D eigenvalue weighted by atomic mass is 10.1. The van der Waals surface area contributed by atoms with Crippen LogP contribution < -0.4 is 9.30 Å². The maximum Gasteiger partial charge on any atom is 0.287 e. The van der Waals surface area contributed by atoms with E-state index in [4.69, 9.17) is 4.74 Å². The molecule has 0 atom stereocenters. The van der Waals surface area contributed by atoms with Gasteiger partial charge in [-0.1, -0.05) is 0 Å². The number of hydrogen-bond donors (Lipinski definition) is 0. The Hall–Kier alpha value is -2.60. The van der Waals surface area contributed by atoms with Crippen molar-refractivity contribution in [1.82, 2.24) is 4.98 Å². The van der Waals surface area contributed by atoms with Crippen molar-refractivity contribution in [3.63, 3.8) is 0 Å². The molecule has 3 rings (SSSR count). The second-order valence-corrected chi connectivity index (χ2v) is 5.28. The smallest absolute Gasteiger partial charge is 0.287 e. The van der Waals surface area contributed by atoms with E-state index in [0.29, 0.717) is 5.56 Å². The Morgan fingerprint density at radius 2 is 1.76 bits per heavy atom. The van der Waals surface area contributed by atoms with Crippen LogP contribution in [-0.4, -0.2) is 17.9 Å². The van der Waals surface area contributed by atoms with Crippen molar-refractivity contribution in [3.05, 3.63) is 78.5 Å². The van der Waals surface area contributed by atoms with Crippen molar-refractivity contribution >= 4 is 22.8 Å². The molecular formula is C19H17BrFN2O2+. The number of ketones is 1. The maximum atomic E-state index is 12.9. The van der Waals surface area contributed by atoms with Gasteiger partial charge in [0.25, 0.3) is 6.33 Å². The molecule has 0 bridgehead atoms. The minimum absolute atomic E-state index is 0. The molecule has 0 N–H and O–H groups in total. The lowest BCUT2D eigenvalue weighted by molar-refractivity contribution is -0.686. The predicted molar refractivity (Wildman–Crippen MR) is 97.5 cm³/mol. The van der Waals surface area contributed by atoms with Gasteiger partial charge in [-0.15, -0.1) is 17.0 Å². The molecular weight excluding hydrogens is 387 g/mol. The molecule has 0 unspecified atom stereocenters. The fourth-order valence-corrected chi connectivity index (χ4v) is 2.30. The van der Waals surface area contributed by atoms with Crippen molar-refractivity contribution in [2.75, 3.05) is 7.11 Å². The summed E-state index contributed by atoms with van der Waals surface area (Å²) < 4.78 is 19.7. The monoisotopic (exact) mass is 403 g/mol. The molecule has 0 saturated heterocycles. The highest BCUT2D eigenvalue weighted by atomic mass is 79.9. The minimum Gasteiger partial charge on any atom is -0.497 e. The minimum atomic E-state index is -0.357. The number of carbonyl (C=O) groups is 1. The Bertz CT molecular complexity index is 835. The summed E-state index contributed by atoms with van der Waals surface area (Å²) in [5.41, 5.74) is 2.25. The van der Waals surface area contributed by atoms with Gasteiger partial charge in [0.2, 0.25) is 5.78 Å². The van der Waals surface area contributed by atoms with Gasteiger partial charge >= 0.3 is 0 Å². The van der Waals surface area contributed by atoms with E-state index in [-0.39, 0.29) is 35.1 Å². The molecule has 0 spiro atoms. The van der Waals surface area contributed by atoms with Gasteiger partial charge in [-0.3, -0.25) is 4.79 Å². The zero-order valence-electron chi connectivity index (χ0n) is 13.6. The summed E-state index contributed by atoms with van der Waals surface area (Å²) in [6, 6.07) is 15.0. The quantitative estimate of drug-likeness (QED) is 0.482. The highest BCUT2D eigenvalue weighted by molar-refractivity contribution is 8.93. The Labute approximate surface area is 155 Å². The van der Waals surface area contributed by atoms with Crippen LogP contribution in [0.1, 0.15) is 10.4 Å². The Balaban J connectivity index is 0.00000225. The number of rotatable bonds is 5. The highest BCUT2D eigenvalue weighted by Crippen LogP contribution is 2.19. The summed E-state index contributed by atoms with van der Waals surface area (Å²) in [6.07, 6.45) is 3.41. The SMILES string of the molecule is Br.COc1ccc(-c2cc[n+](CC(=O)c3ccc(F)cc3)cn2)cc1. The van der Waals surface area contributed by atoms with Crippen LogP contribution in [0.15, 0.2) is 67.1 Å². The van der Waals surface area contributed by atoms with Crippen LogP contribution in [0.3, 0.4) is 0 Å². The van der Waals surface area contributed by atoms with Crippen molar-refractivity contribution in [1.29, 1.82) is 0 Å². The van der Waals surface area contributed by atoms with Crippen LogP contribution in [0.2, 0.25) is 0 Å². The predicted octanol–water partition coefficient (Wildman–Crippen LogP) is 3.64. The Kier molecular flexibility index (Phi) is 6.36. The number of Topliss-reactive ketones (excluding diaryl/α,β-unsaturated/α-hetero) is 1. The molecule has 0 aliphatic heterocycles. The number of halogens is 2. The fraction of sp³-hybridized carbons (Fsp3) is 0.105. The van der Waals surface area contributed by atoms with Gasteiger partial charge < -0.3 is 4.74 Å². The van der Waals surface area contributed by atoms with Gasteiger partial charge in [-0.25, -0.2) is 8.96 Å². The molecule has 128 valence electrons. The normalized spacial score (nSPS) is 10.0. The standard InChI is InChI=1S/C19H16FN2O2.BrH/c1-24-17-8-4-14(5-9-17)18-10-11-22(13-21-18)12-19(23)15-2-6-16(20)7-3-15;/h2-11,13H,12H2,1H3;1H/q+1;. The second-order valence-electron chi connectivity index (χ2n) is 5.28. The van der Waals surface area contributed by atoms with E-state index in [0.717, 1.165) is 17.0 Å². The van der Waals surface area contributed by atoms with E-state index >= 15 is 0 Å². The van der Waals surface area contributed by atoms with Gasteiger partial charge in [0.15, 0.2) is 12.2 Å². The molecule has 0 amide bonds. The van der Waals surface area contributed by atoms with Gasteiger partial charge in [-0.05, 0) is 53.5 Å². The van der Waals surface area contributed by atoms with E-state index in [1.807, 2.05) is 30.3 Å². The number of carbonyl (C=O) groups excluding carboxylic acids is 1. The molecule has 0 radical (unpaired) electrons. The third-order valence-electron chi connectivity index (χ3n) is 3.65. The van der Waals surface area contributed by atoms with Crippen molar-refractivity contribution < 1.29 is 18.5 Å². The first-order valence-corrected chi connectivity index (χ1v) is 7.44. The zero-order valence-corrected chi connectivity index (χ0v) is 15.3. The second kappa shape index (κ2) is 8.48. The average molecular weight is 404 g/mol. The van der Waals surface area contributed by atoms with Gasteiger partial charge in [0, 0.05) is 17.2 Å². The van der Waals surface area contributed by atoms with E-state index in [1.165, 1.54) is 24.3 Å². The molecule has 6 heteroatoms.